The van der Waals surface area contributed by atoms with Crippen LogP contribution in [-0.2, 0) is 19.1 Å². The summed E-state index contributed by atoms with van der Waals surface area (Å²) in [5.41, 5.74) is 2.28. The maximum Gasteiger partial charge on any atom is 0.315 e. The molecule has 0 bridgehead atoms. The van der Waals surface area contributed by atoms with E-state index in [9.17, 15) is 9.59 Å². The van der Waals surface area contributed by atoms with Gasteiger partial charge in [0.1, 0.15) is 12.5 Å². The van der Waals surface area contributed by atoms with Crippen molar-refractivity contribution in [3.8, 4) is 0 Å². The molecule has 1 amide bonds. The molecule has 42 heavy (non-hydrogen) atoms. The van der Waals surface area contributed by atoms with Gasteiger partial charge in [0.25, 0.3) is 0 Å². The van der Waals surface area contributed by atoms with Gasteiger partial charge in [-0.3, -0.25) is 14.5 Å². The number of rotatable bonds is 11. The van der Waals surface area contributed by atoms with E-state index < -0.39 is 0 Å². The Labute approximate surface area is 256 Å². The van der Waals surface area contributed by atoms with Gasteiger partial charge in [-0.05, 0) is 91.3 Å². The van der Waals surface area contributed by atoms with Gasteiger partial charge in [-0.25, -0.2) is 0 Å². The highest BCUT2D eigenvalue weighted by atomic mass is 16.5. The first-order chi connectivity index (χ1) is 20.1. The number of ether oxygens (including phenoxy) is 2. The Morgan fingerprint density at radius 1 is 1.05 bits per heavy atom. The average molecular weight is 585 g/mol. The molecule has 0 spiro atoms. The summed E-state index contributed by atoms with van der Waals surface area (Å²) in [5, 5.41) is 2.89. The lowest BCUT2D eigenvalue weighted by molar-refractivity contribution is -0.153. The van der Waals surface area contributed by atoms with E-state index in [4.69, 9.17) is 9.47 Å². The molecule has 1 N–H and O–H groups in total. The predicted octanol–water partition coefficient (Wildman–Crippen LogP) is 6.78. The molecule has 4 fully saturated rings. The van der Waals surface area contributed by atoms with Crippen LogP contribution in [-0.4, -0.2) is 62.3 Å². The summed E-state index contributed by atoms with van der Waals surface area (Å²) in [5.74, 6) is 4.37. The molecule has 4 aliphatic carbocycles. The van der Waals surface area contributed by atoms with Crippen LogP contribution < -0.4 is 5.32 Å². The van der Waals surface area contributed by atoms with Gasteiger partial charge in [0.05, 0.1) is 13.2 Å². The molecular weight excluding hydrogens is 524 g/mol. The molecule has 3 saturated carbocycles. The highest BCUT2D eigenvalue weighted by Crippen LogP contribution is 2.67. The summed E-state index contributed by atoms with van der Waals surface area (Å²) < 4.78 is 11.3. The Morgan fingerprint density at radius 2 is 1.83 bits per heavy atom. The fourth-order valence-electron chi connectivity index (χ4n) is 10.4. The molecule has 5 aliphatic rings. The Balaban J connectivity index is 1.11. The minimum atomic E-state index is -0.380. The van der Waals surface area contributed by atoms with Crippen molar-refractivity contribution in [1.82, 2.24) is 10.2 Å². The number of nitrogens with one attached hydrogen (secondary N) is 1. The summed E-state index contributed by atoms with van der Waals surface area (Å²) in [6.45, 7) is 17.1. The van der Waals surface area contributed by atoms with Gasteiger partial charge >= 0.3 is 5.97 Å². The molecule has 1 aliphatic heterocycles. The molecule has 5 rings (SSSR count). The second-order valence-corrected chi connectivity index (χ2v) is 15.6. The minimum Gasteiger partial charge on any atom is -0.462 e. The van der Waals surface area contributed by atoms with Gasteiger partial charge in [0.2, 0.25) is 5.91 Å². The molecule has 1 saturated heterocycles. The van der Waals surface area contributed by atoms with E-state index in [0.717, 1.165) is 87.6 Å². The SMILES string of the molecule is CC(C)CCC[C@@H](C)C1CCC2C3CC=C4CC(OC(=O)CC(=O)NCCN5CCOCC5)CCC4(C)C3CCC21C. The third-order valence-electron chi connectivity index (χ3n) is 12.7. The molecule has 6 heteroatoms. The summed E-state index contributed by atoms with van der Waals surface area (Å²) in [4.78, 5) is 27.3. The zero-order valence-electron chi connectivity index (χ0n) is 27.4. The second kappa shape index (κ2) is 13.7. The number of esters is 1. The van der Waals surface area contributed by atoms with E-state index in [0.29, 0.717) is 12.0 Å². The maximum absolute atomic E-state index is 12.7. The van der Waals surface area contributed by atoms with E-state index in [-0.39, 0.29) is 29.8 Å². The first-order valence-corrected chi connectivity index (χ1v) is 17.6. The first kappa shape index (κ1) is 32.0. The second-order valence-electron chi connectivity index (χ2n) is 15.6. The topological polar surface area (TPSA) is 67.9 Å². The summed E-state index contributed by atoms with van der Waals surface area (Å²) >= 11 is 0. The van der Waals surface area contributed by atoms with E-state index in [1.807, 2.05) is 0 Å². The number of carbonyl (C=O) groups excluding carboxylic acids is 2. The Kier molecular flexibility index (Phi) is 10.4. The van der Waals surface area contributed by atoms with Crippen molar-refractivity contribution < 1.29 is 19.1 Å². The molecule has 7 unspecified atom stereocenters. The van der Waals surface area contributed by atoms with Gasteiger partial charge < -0.3 is 14.8 Å². The van der Waals surface area contributed by atoms with Crippen LogP contribution in [0.25, 0.3) is 0 Å². The van der Waals surface area contributed by atoms with Crippen LogP contribution in [0.5, 0.6) is 0 Å². The average Bonchev–Trinajstić information content (AvgIpc) is 3.31. The molecule has 238 valence electrons. The van der Waals surface area contributed by atoms with Crippen molar-refractivity contribution in [3.05, 3.63) is 11.6 Å². The molecule has 0 radical (unpaired) electrons. The smallest absolute Gasteiger partial charge is 0.315 e. The highest BCUT2D eigenvalue weighted by molar-refractivity contribution is 5.94. The molecule has 8 atom stereocenters. The zero-order chi connectivity index (χ0) is 29.9. The van der Waals surface area contributed by atoms with Gasteiger partial charge in [-0.15, -0.1) is 0 Å². The standard InChI is InChI=1S/C36H60N2O4/c1-25(2)7-6-8-26(3)30-11-12-31-29-10-9-27-23-28(13-15-35(27,4)32(29)14-16-36(30,31)5)42-34(40)24-33(39)37-17-18-38-19-21-41-22-20-38/h9,25-26,28-32H,6-8,10-24H2,1-5H3,(H,37,39)/t26-,28?,29?,30?,31?,32?,35?,36?/m1/s1. The van der Waals surface area contributed by atoms with Gasteiger partial charge in [-0.2, -0.15) is 0 Å². The van der Waals surface area contributed by atoms with Crippen LogP contribution in [0.15, 0.2) is 11.6 Å². The van der Waals surface area contributed by atoms with Crippen LogP contribution >= 0.6 is 0 Å². The summed E-state index contributed by atoms with van der Waals surface area (Å²) in [7, 11) is 0. The normalized spacial score (nSPS) is 37.3. The third-order valence-corrected chi connectivity index (χ3v) is 12.7. The monoisotopic (exact) mass is 584 g/mol. The fraction of sp³-hybridized carbons (Fsp3) is 0.889. The number of amides is 1. The fourth-order valence-corrected chi connectivity index (χ4v) is 10.4. The lowest BCUT2D eigenvalue weighted by Crippen LogP contribution is -2.51. The quantitative estimate of drug-likeness (QED) is 0.165. The zero-order valence-corrected chi connectivity index (χ0v) is 27.4. The number of hydrogen-bond acceptors (Lipinski definition) is 5. The van der Waals surface area contributed by atoms with E-state index in [1.54, 1.807) is 0 Å². The molecule has 1 heterocycles. The summed E-state index contributed by atoms with van der Waals surface area (Å²) in [6.07, 6.45) is 16.1. The number of fused-ring (bicyclic) bond motifs is 5. The van der Waals surface area contributed by atoms with Gasteiger partial charge in [-0.1, -0.05) is 65.5 Å². The Hall–Kier alpha value is -1.40. The van der Waals surface area contributed by atoms with Crippen molar-refractivity contribution in [1.29, 1.82) is 0 Å². The predicted molar refractivity (Wildman–Crippen MR) is 168 cm³/mol. The largest absolute Gasteiger partial charge is 0.462 e. The molecule has 6 nitrogen and oxygen atoms in total. The van der Waals surface area contributed by atoms with Crippen LogP contribution in [0.1, 0.15) is 112 Å². The van der Waals surface area contributed by atoms with Gasteiger partial charge in [0.15, 0.2) is 0 Å². The Morgan fingerprint density at radius 3 is 2.60 bits per heavy atom. The Bertz CT molecular complexity index is 973. The lowest BCUT2D eigenvalue weighted by Gasteiger charge is -2.58. The van der Waals surface area contributed by atoms with Crippen molar-refractivity contribution in [3.63, 3.8) is 0 Å². The van der Waals surface area contributed by atoms with Crippen LogP contribution in [0.4, 0.5) is 0 Å². The van der Waals surface area contributed by atoms with E-state index in [2.05, 4.69) is 50.9 Å². The third kappa shape index (κ3) is 6.95. The van der Waals surface area contributed by atoms with E-state index in [1.165, 1.54) is 56.9 Å². The van der Waals surface area contributed by atoms with Crippen molar-refractivity contribution >= 4 is 11.9 Å². The number of carbonyl (C=O) groups is 2. The minimum absolute atomic E-state index is 0.0917. The van der Waals surface area contributed by atoms with Crippen molar-refractivity contribution in [2.24, 2.45) is 46.3 Å². The van der Waals surface area contributed by atoms with Crippen LogP contribution in [0.2, 0.25) is 0 Å². The lowest BCUT2D eigenvalue weighted by atomic mass is 9.47. The number of hydrogen-bond donors (Lipinski definition) is 1. The first-order valence-electron chi connectivity index (χ1n) is 17.6. The van der Waals surface area contributed by atoms with Gasteiger partial charge in [0, 0.05) is 32.6 Å². The van der Waals surface area contributed by atoms with Crippen LogP contribution in [0, 0.1) is 46.3 Å². The summed E-state index contributed by atoms with van der Waals surface area (Å²) in [6, 6.07) is 0. The highest BCUT2D eigenvalue weighted by Gasteiger charge is 2.59. The number of morpholine rings is 1. The van der Waals surface area contributed by atoms with Crippen LogP contribution in [0.3, 0.4) is 0 Å². The number of allylic oxidation sites excluding steroid dienone is 1. The van der Waals surface area contributed by atoms with Crippen molar-refractivity contribution in [2.75, 3.05) is 39.4 Å². The molecule has 0 aromatic rings. The number of nitrogens with zero attached hydrogens (tertiary/aromatic N) is 1. The van der Waals surface area contributed by atoms with E-state index >= 15 is 0 Å². The molecule has 0 aromatic carbocycles. The molecular formula is C36H60N2O4. The van der Waals surface area contributed by atoms with Crippen molar-refractivity contribution in [2.45, 2.75) is 118 Å². The maximum atomic E-state index is 12.7. The molecule has 0 aromatic heterocycles.